The van der Waals surface area contributed by atoms with Crippen LogP contribution in [0.1, 0.15) is 45.4 Å². The Morgan fingerprint density at radius 1 is 1.28 bits per heavy atom. The van der Waals surface area contributed by atoms with E-state index in [1.165, 1.54) is 21.8 Å². The fourth-order valence-electron chi connectivity index (χ4n) is 4.44. The van der Waals surface area contributed by atoms with Crippen molar-refractivity contribution < 1.29 is 14.1 Å². The Labute approximate surface area is 172 Å². The number of aromatic amines is 1. The molecule has 0 radical (unpaired) electrons. The first-order chi connectivity index (χ1) is 14.1. The molecular weight excluding hydrogens is 388 g/mol. The number of carbonyl (C=O) groups excluding carboxylic acids is 1. The zero-order valence-corrected chi connectivity index (χ0v) is 17.4. The van der Waals surface area contributed by atoms with Gasteiger partial charge in [0.2, 0.25) is 0 Å². The molecular formula is C21H25N4O3S+. The lowest BCUT2D eigenvalue weighted by molar-refractivity contribution is -0.918. The van der Waals surface area contributed by atoms with Crippen LogP contribution >= 0.6 is 11.3 Å². The number of piperazine rings is 1. The van der Waals surface area contributed by atoms with Crippen molar-refractivity contribution >= 4 is 27.5 Å². The van der Waals surface area contributed by atoms with Gasteiger partial charge in [-0.1, -0.05) is 0 Å². The number of quaternary nitrogens is 1. The number of fused-ring (bicyclic) bond motifs is 3. The molecule has 4 heterocycles. The highest BCUT2D eigenvalue weighted by Crippen LogP contribution is 2.33. The van der Waals surface area contributed by atoms with Crippen LogP contribution in [0, 0.1) is 6.92 Å². The topological polar surface area (TPSA) is 83.6 Å². The van der Waals surface area contributed by atoms with E-state index in [1.54, 1.807) is 17.4 Å². The highest BCUT2D eigenvalue weighted by Gasteiger charge is 2.27. The molecule has 1 aliphatic carbocycles. The standard InChI is InChI=1S/C21H24N4O3S/c1-13-6-7-15(28-13)21(27)25-10-8-24(9-11-25)12-17-22-19(26)18-14-4-2-3-5-16(14)29-20(18)23-17/h6-7H,2-5,8-12H2,1H3,(H,22,23,26)/p+1. The van der Waals surface area contributed by atoms with E-state index in [0.717, 1.165) is 54.2 Å². The Hall–Kier alpha value is -2.45. The van der Waals surface area contributed by atoms with Crippen LogP contribution in [0.2, 0.25) is 0 Å². The van der Waals surface area contributed by atoms with Gasteiger partial charge in [-0.15, -0.1) is 11.3 Å². The molecule has 1 saturated heterocycles. The molecule has 5 rings (SSSR count). The van der Waals surface area contributed by atoms with Crippen LogP contribution in [0.3, 0.4) is 0 Å². The molecule has 0 atom stereocenters. The van der Waals surface area contributed by atoms with Gasteiger partial charge in [-0.2, -0.15) is 0 Å². The summed E-state index contributed by atoms with van der Waals surface area (Å²) in [5.41, 5.74) is 1.23. The summed E-state index contributed by atoms with van der Waals surface area (Å²) >= 11 is 1.69. The summed E-state index contributed by atoms with van der Waals surface area (Å²) in [6.45, 7) is 5.52. The van der Waals surface area contributed by atoms with Crippen molar-refractivity contribution in [3.8, 4) is 0 Å². The van der Waals surface area contributed by atoms with Gasteiger partial charge in [0.05, 0.1) is 31.6 Å². The van der Waals surface area contributed by atoms with Crippen LogP contribution < -0.4 is 10.5 Å². The quantitative estimate of drug-likeness (QED) is 0.678. The van der Waals surface area contributed by atoms with Crippen LogP contribution in [0.4, 0.5) is 0 Å². The summed E-state index contributed by atoms with van der Waals surface area (Å²) < 4.78 is 5.46. The molecule has 0 aromatic carbocycles. The van der Waals surface area contributed by atoms with Gasteiger partial charge in [-0.05, 0) is 50.3 Å². The summed E-state index contributed by atoms with van der Waals surface area (Å²) in [5.74, 6) is 1.86. The second kappa shape index (κ2) is 7.42. The third-order valence-electron chi connectivity index (χ3n) is 6.00. The van der Waals surface area contributed by atoms with E-state index in [0.29, 0.717) is 25.4 Å². The van der Waals surface area contributed by atoms with Crippen molar-refractivity contribution in [3.05, 3.63) is 50.3 Å². The molecule has 1 aliphatic heterocycles. The minimum atomic E-state index is -0.0470. The van der Waals surface area contributed by atoms with E-state index in [1.807, 2.05) is 17.9 Å². The van der Waals surface area contributed by atoms with E-state index < -0.39 is 0 Å². The smallest absolute Gasteiger partial charge is 0.289 e. The minimum Gasteiger partial charge on any atom is -0.456 e. The van der Waals surface area contributed by atoms with E-state index in [4.69, 9.17) is 9.40 Å². The van der Waals surface area contributed by atoms with Gasteiger partial charge in [0.1, 0.15) is 17.1 Å². The molecule has 2 N–H and O–H groups in total. The SMILES string of the molecule is Cc1ccc(C(=O)N2CC[NH+](Cc3nc4sc5c(c4c(=O)[nH]3)CCCC5)CC2)o1. The Balaban J connectivity index is 1.27. The fraction of sp³-hybridized carbons (Fsp3) is 0.476. The lowest BCUT2D eigenvalue weighted by atomic mass is 9.97. The van der Waals surface area contributed by atoms with Crippen molar-refractivity contribution in [2.45, 2.75) is 39.2 Å². The van der Waals surface area contributed by atoms with Gasteiger partial charge in [0.25, 0.3) is 11.5 Å². The molecule has 29 heavy (non-hydrogen) atoms. The molecule has 0 bridgehead atoms. The number of aryl methyl sites for hydroxylation is 3. The number of hydrogen-bond donors (Lipinski definition) is 2. The molecule has 3 aromatic heterocycles. The lowest BCUT2D eigenvalue weighted by Gasteiger charge is -2.31. The average molecular weight is 414 g/mol. The predicted molar refractivity (Wildman–Crippen MR) is 111 cm³/mol. The molecule has 0 spiro atoms. The van der Waals surface area contributed by atoms with Crippen LogP contribution in [-0.4, -0.2) is 47.0 Å². The summed E-state index contributed by atoms with van der Waals surface area (Å²) in [7, 11) is 0. The zero-order valence-electron chi connectivity index (χ0n) is 16.5. The minimum absolute atomic E-state index is 0.00537. The van der Waals surface area contributed by atoms with Crippen LogP contribution in [-0.2, 0) is 19.4 Å². The van der Waals surface area contributed by atoms with E-state index >= 15 is 0 Å². The summed E-state index contributed by atoms with van der Waals surface area (Å²) in [6, 6.07) is 3.55. The fourth-order valence-corrected chi connectivity index (χ4v) is 5.72. The molecule has 0 saturated carbocycles. The van der Waals surface area contributed by atoms with Crippen LogP contribution in [0.5, 0.6) is 0 Å². The van der Waals surface area contributed by atoms with E-state index in [-0.39, 0.29) is 11.5 Å². The monoisotopic (exact) mass is 413 g/mol. The first kappa shape index (κ1) is 18.6. The van der Waals surface area contributed by atoms with Crippen LogP contribution in [0.25, 0.3) is 10.2 Å². The molecule has 7 nitrogen and oxygen atoms in total. The number of hydrogen-bond acceptors (Lipinski definition) is 5. The zero-order chi connectivity index (χ0) is 20.0. The van der Waals surface area contributed by atoms with Gasteiger partial charge >= 0.3 is 0 Å². The number of nitrogens with zero attached hydrogens (tertiary/aromatic N) is 2. The number of rotatable bonds is 3. The molecule has 2 aliphatic rings. The Morgan fingerprint density at radius 3 is 2.83 bits per heavy atom. The van der Waals surface area contributed by atoms with E-state index in [9.17, 15) is 9.59 Å². The van der Waals surface area contributed by atoms with Crippen molar-refractivity contribution in [2.75, 3.05) is 26.2 Å². The van der Waals surface area contributed by atoms with Gasteiger partial charge in [0, 0.05) is 4.88 Å². The maximum absolute atomic E-state index is 12.7. The average Bonchev–Trinajstić information content (AvgIpc) is 3.31. The number of H-pyrrole nitrogens is 1. The number of thiophene rings is 1. The Kier molecular flexibility index (Phi) is 4.75. The largest absolute Gasteiger partial charge is 0.456 e. The van der Waals surface area contributed by atoms with E-state index in [2.05, 4.69) is 4.98 Å². The second-order valence-electron chi connectivity index (χ2n) is 8.03. The van der Waals surface area contributed by atoms with Crippen molar-refractivity contribution in [1.82, 2.24) is 14.9 Å². The van der Waals surface area contributed by atoms with Gasteiger partial charge in [-0.25, -0.2) is 4.98 Å². The third-order valence-corrected chi connectivity index (χ3v) is 7.19. The summed E-state index contributed by atoms with van der Waals surface area (Å²) in [4.78, 5) is 38.4. The Morgan fingerprint density at radius 2 is 2.07 bits per heavy atom. The number of nitrogens with one attached hydrogen (secondary N) is 2. The number of carbonyl (C=O) groups is 1. The van der Waals surface area contributed by atoms with Crippen molar-refractivity contribution in [2.24, 2.45) is 0 Å². The molecule has 152 valence electrons. The number of furan rings is 1. The lowest BCUT2D eigenvalue weighted by Crippen LogP contribution is -3.13. The first-order valence-electron chi connectivity index (χ1n) is 10.3. The third kappa shape index (κ3) is 3.51. The Bertz CT molecular complexity index is 1120. The highest BCUT2D eigenvalue weighted by molar-refractivity contribution is 7.18. The normalized spacial score (nSPS) is 17.6. The molecule has 3 aromatic rings. The number of amides is 1. The maximum atomic E-state index is 12.7. The first-order valence-corrected chi connectivity index (χ1v) is 11.1. The number of aromatic nitrogens is 2. The van der Waals surface area contributed by atoms with Crippen molar-refractivity contribution in [3.63, 3.8) is 0 Å². The highest BCUT2D eigenvalue weighted by atomic mass is 32.1. The second-order valence-corrected chi connectivity index (χ2v) is 9.12. The van der Waals surface area contributed by atoms with Crippen LogP contribution in [0.15, 0.2) is 21.3 Å². The van der Waals surface area contributed by atoms with Gasteiger partial charge in [-0.3, -0.25) is 9.59 Å². The maximum Gasteiger partial charge on any atom is 0.289 e. The molecule has 1 amide bonds. The molecule has 8 heteroatoms. The summed E-state index contributed by atoms with van der Waals surface area (Å²) in [6.07, 6.45) is 4.43. The molecule has 1 fully saturated rings. The molecule has 0 unspecified atom stereocenters. The summed E-state index contributed by atoms with van der Waals surface area (Å²) in [5, 5.41) is 0.813. The van der Waals surface area contributed by atoms with Gasteiger partial charge in [0.15, 0.2) is 11.6 Å². The predicted octanol–water partition coefficient (Wildman–Crippen LogP) is 1.31. The van der Waals surface area contributed by atoms with Gasteiger partial charge < -0.3 is 19.2 Å². The van der Waals surface area contributed by atoms with Crippen molar-refractivity contribution in [1.29, 1.82) is 0 Å².